The Bertz CT molecular complexity index is 723. The lowest BCUT2D eigenvalue weighted by molar-refractivity contribution is -0.272. The smallest absolute Gasteiger partial charge is 0.169 e. The highest BCUT2D eigenvalue weighted by Gasteiger charge is 2.69. The minimum Gasteiger partial charge on any atom is -0.390 e. The van der Waals surface area contributed by atoms with Crippen LogP contribution in [0.1, 0.15) is 79.1 Å². The van der Waals surface area contributed by atoms with Crippen LogP contribution < -0.4 is 0 Å². The molecule has 4 saturated carbocycles. The van der Waals surface area contributed by atoms with Crippen LogP contribution in [0.4, 0.5) is 0 Å². The van der Waals surface area contributed by atoms with Crippen LogP contribution in [-0.2, 0) is 18.9 Å². The van der Waals surface area contributed by atoms with E-state index in [1.165, 1.54) is 19.3 Å². The van der Waals surface area contributed by atoms with E-state index in [1.54, 1.807) is 0 Å². The monoisotopic (exact) mass is 434 g/mol. The fraction of sp³-hybridized carbons (Fsp3) is 1.00. The SMILES string of the molecule is CC1([C@H]2CC[C@H]3[C@@H]4CC[C@@H]5CC6(CC[C@]5(C)[C@H]4[C@@](C)(O)C[C@]23C)OCCO6)OCCO1. The van der Waals surface area contributed by atoms with E-state index < -0.39 is 11.4 Å². The van der Waals surface area contributed by atoms with Crippen molar-refractivity contribution < 1.29 is 24.1 Å². The molecule has 1 spiro atoms. The van der Waals surface area contributed by atoms with Crippen molar-refractivity contribution in [3.63, 3.8) is 0 Å². The lowest BCUT2D eigenvalue weighted by Crippen LogP contribution is -2.65. The van der Waals surface area contributed by atoms with Gasteiger partial charge in [-0.15, -0.1) is 0 Å². The zero-order valence-electron chi connectivity index (χ0n) is 20.0. The Morgan fingerprint density at radius 1 is 0.742 bits per heavy atom. The summed E-state index contributed by atoms with van der Waals surface area (Å²) in [6.07, 6.45) is 8.81. The zero-order valence-corrected chi connectivity index (χ0v) is 20.0. The summed E-state index contributed by atoms with van der Waals surface area (Å²) >= 11 is 0. The van der Waals surface area contributed by atoms with Crippen molar-refractivity contribution in [1.82, 2.24) is 0 Å². The molecule has 2 heterocycles. The van der Waals surface area contributed by atoms with Crippen molar-refractivity contribution in [3.8, 4) is 0 Å². The van der Waals surface area contributed by atoms with E-state index in [0.717, 1.165) is 45.3 Å². The average Bonchev–Trinajstić information content (AvgIpc) is 3.41. The first-order valence-electron chi connectivity index (χ1n) is 12.9. The van der Waals surface area contributed by atoms with Gasteiger partial charge in [-0.1, -0.05) is 13.8 Å². The van der Waals surface area contributed by atoms with Crippen LogP contribution in [0.15, 0.2) is 0 Å². The van der Waals surface area contributed by atoms with Gasteiger partial charge in [-0.05, 0) is 86.9 Å². The molecular weight excluding hydrogens is 392 g/mol. The quantitative estimate of drug-likeness (QED) is 0.658. The molecule has 1 N–H and O–H groups in total. The lowest BCUT2D eigenvalue weighted by Gasteiger charge is -2.66. The van der Waals surface area contributed by atoms with Gasteiger partial charge >= 0.3 is 0 Å². The predicted octanol–water partition coefficient (Wildman–Crippen LogP) is 4.51. The number of hydrogen-bond acceptors (Lipinski definition) is 5. The molecule has 8 atom stereocenters. The Kier molecular flexibility index (Phi) is 4.60. The van der Waals surface area contributed by atoms with Gasteiger partial charge in [-0.25, -0.2) is 0 Å². The summed E-state index contributed by atoms with van der Waals surface area (Å²) in [7, 11) is 0. The maximum atomic E-state index is 12.1. The van der Waals surface area contributed by atoms with Crippen molar-refractivity contribution in [1.29, 1.82) is 0 Å². The van der Waals surface area contributed by atoms with Crippen molar-refractivity contribution >= 4 is 0 Å². The molecule has 0 bridgehead atoms. The maximum Gasteiger partial charge on any atom is 0.169 e. The molecule has 5 heteroatoms. The summed E-state index contributed by atoms with van der Waals surface area (Å²) in [4.78, 5) is 0. The summed E-state index contributed by atoms with van der Waals surface area (Å²) in [5.41, 5.74) is -0.431. The Labute approximate surface area is 187 Å². The van der Waals surface area contributed by atoms with Crippen LogP contribution >= 0.6 is 0 Å². The molecule has 0 aromatic heterocycles. The van der Waals surface area contributed by atoms with Gasteiger partial charge in [0.2, 0.25) is 0 Å². The number of ether oxygens (including phenoxy) is 4. The molecule has 4 aliphatic carbocycles. The molecule has 0 radical (unpaired) electrons. The van der Waals surface area contributed by atoms with Crippen molar-refractivity contribution in [3.05, 3.63) is 0 Å². The zero-order chi connectivity index (χ0) is 21.7. The third kappa shape index (κ3) is 2.86. The van der Waals surface area contributed by atoms with Crippen molar-refractivity contribution in [2.45, 2.75) is 96.2 Å². The first kappa shape index (κ1) is 21.3. The normalized spacial score (nSPS) is 55.1. The van der Waals surface area contributed by atoms with Crippen LogP contribution in [0.3, 0.4) is 0 Å². The fourth-order valence-corrected chi connectivity index (χ4v) is 10.3. The van der Waals surface area contributed by atoms with Gasteiger partial charge < -0.3 is 24.1 Å². The van der Waals surface area contributed by atoms with Crippen molar-refractivity contribution in [2.24, 2.45) is 40.4 Å². The topological polar surface area (TPSA) is 57.2 Å². The summed E-state index contributed by atoms with van der Waals surface area (Å²) in [5.74, 6) is 1.71. The van der Waals surface area contributed by atoms with Crippen LogP contribution in [-0.4, -0.2) is 48.7 Å². The molecule has 2 saturated heterocycles. The molecule has 5 nitrogen and oxygen atoms in total. The average molecular weight is 435 g/mol. The van der Waals surface area contributed by atoms with Crippen LogP contribution in [0.25, 0.3) is 0 Å². The molecule has 6 aliphatic rings. The highest BCUT2D eigenvalue weighted by Crippen LogP contribution is 2.71. The van der Waals surface area contributed by atoms with E-state index in [1.807, 2.05) is 0 Å². The standard InChI is InChI=1S/C26H42O5/c1-22-9-10-26(30-13-14-31-26)15-17(22)5-6-18-19-7-8-20(25(4)28-11-12-29-25)23(19,2)16-24(3,27)21(18)22/h17-21,27H,5-16H2,1-4H3/t17-,18+,19+,20+,21+,22+,23+,24+/m1/s1. The highest BCUT2D eigenvalue weighted by molar-refractivity contribution is 5.17. The van der Waals surface area contributed by atoms with Gasteiger partial charge in [0.05, 0.1) is 32.0 Å². The van der Waals surface area contributed by atoms with E-state index in [4.69, 9.17) is 18.9 Å². The Balaban J connectivity index is 1.32. The molecule has 0 aromatic rings. The minimum atomic E-state index is -0.664. The summed E-state index contributed by atoms with van der Waals surface area (Å²) < 4.78 is 24.6. The molecule has 0 amide bonds. The van der Waals surface area contributed by atoms with Crippen molar-refractivity contribution in [2.75, 3.05) is 26.4 Å². The highest BCUT2D eigenvalue weighted by atomic mass is 16.7. The predicted molar refractivity (Wildman–Crippen MR) is 116 cm³/mol. The lowest BCUT2D eigenvalue weighted by atomic mass is 9.41. The van der Waals surface area contributed by atoms with Crippen LogP contribution in [0.2, 0.25) is 0 Å². The third-order valence-corrected chi connectivity index (χ3v) is 11.2. The minimum absolute atomic E-state index is 0.0700. The summed E-state index contributed by atoms with van der Waals surface area (Å²) in [6.45, 7) is 12.1. The molecule has 176 valence electrons. The Hall–Kier alpha value is -0.200. The van der Waals surface area contributed by atoms with Crippen LogP contribution in [0.5, 0.6) is 0 Å². The van der Waals surface area contributed by atoms with E-state index in [0.29, 0.717) is 42.8 Å². The van der Waals surface area contributed by atoms with Gasteiger partial charge in [0.15, 0.2) is 11.6 Å². The second kappa shape index (κ2) is 6.69. The van der Waals surface area contributed by atoms with Gasteiger partial charge in [-0.2, -0.15) is 0 Å². The molecular formula is C26H42O5. The third-order valence-electron chi connectivity index (χ3n) is 11.2. The first-order valence-corrected chi connectivity index (χ1v) is 12.9. The van der Waals surface area contributed by atoms with E-state index in [2.05, 4.69) is 27.7 Å². The van der Waals surface area contributed by atoms with Crippen LogP contribution in [0, 0.1) is 40.4 Å². The molecule has 0 unspecified atom stereocenters. The second-order valence-electron chi connectivity index (χ2n) is 12.7. The Morgan fingerprint density at radius 3 is 2.13 bits per heavy atom. The number of hydrogen-bond donors (Lipinski definition) is 1. The fourth-order valence-electron chi connectivity index (χ4n) is 10.3. The van der Waals surface area contributed by atoms with E-state index in [-0.39, 0.29) is 16.6 Å². The molecule has 0 aromatic carbocycles. The largest absolute Gasteiger partial charge is 0.390 e. The number of fused-ring (bicyclic) bond motifs is 5. The number of aliphatic hydroxyl groups is 1. The number of rotatable bonds is 1. The molecule has 6 fully saturated rings. The summed E-state index contributed by atoms with van der Waals surface area (Å²) in [6, 6.07) is 0. The molecule has 6 rings (SSSR count). The van der Waals surface area contributed by atoms with Gasteiger partial charge in [0.25, 0.3) is 0 Å². The van der Waals surface area contributed by atoms with Gasteiger partial charge in [0, 0.05) is 18.8 Å². The first-order chi connectivity index (χ1) is 14.6. The molecule has 2 aliphatic heterocycles. The van der Waals surface area contributed by atoms with E-state index >= 15 is 0 Å². The summed E-state index contributed by atoms with van der Waals surface area (Å²) in [5, 5.41) is 12.1. The van der Waals surface area contributed by atoms with Gasteiger partial charge in [0.1, 0.15) is 0 Å². The Morgan fingerprint density at radius 2 is 1.42 bits per heavy atom. The van der Waals surface area contributed by atoms with E-state index in [9.17, 15) is 5.11 Å². The molecule has 31 heavy (non-hydrogen) atoms. The second-order valence-corrected chi connectivity index (χ2v) is 12.7. The maximum absolute atomic E-state index is 12.1. The van der Waals surface area contributed by atoms with Gasteiger partial charge in [-0.3, -0.25) is 0 Å².